The summed E-state index contributed by atoms with van der Waals surface area (Å²) in [5, 5.41) is 3.22. The monoisotopic (exact) mass is 461 g/mol. The fraction of sp³-hybridized carbons (Fsp3) is 0.704. The smallest absolute Gasteiger partial charge is 0.353 e. The molecule has 0 aromatic heterocycles. The van der Waals surface area contributed by atoms with Crippen molar-refractivity contribution in [3.63, 3.8) is 0 Å². The predicted octanol–water partition coefficient (Wildman–Crippen LogP) is 6.04. The zero-order chi connectivity index (χ0) is 23.6. The van der Waals surface area contributed by atoms with Gasteiger partial charge in [0.15, 0.2) is 5.78 Å². The average molecular weight is 462 g/mol. The number of nitrogens with one attached hydrogen (secondary N) is 1. The molecule has 1 amide bonds. The van der Waals surface area contributed by atoms with Gasteiger partial charge in [0.25, 0.3) is 0 Å². The summed E-state index contributed by atoms with van der Waals surface area (Å²) in [6.07, 6.45) is 1.91. The Morgan fingerprint density at radius 3 is 2.36 bits per heavy atom. The summed E-state index contributed by atoms with van der Waals surface area (Å²) in [7, 11) is 0. The SMILES string of the molecule is C[C@]12CCC(=O)N[C@@H]1CC[C@@H]1[C@@H]2CC[C@]2(C)[C@@H](C(=O)[C@@H](c3ccccc3)C(F)(F)F)CC[C@@H]12. The molecule has 180 valence electrons. The lowest BCUT2D eigenvalue weighted by Gasteiger charge is -2.60. The summed E-state index contributed by atoms with van der Waals surface area (Å²) in [4.78, 5) is 25.6. The summed E-state index contributed by atoms with van der Waals surface area (Å²) in [6, 6.07) is 7.90. The summed E-state index contributed by atoms with van der Waals surface area (Å²) in [6.45, 7) is 4.40. The topological polar surface area (TPSA) is 46.2 Å². The van der Waals surface area contributed by atoms with Gasteiger partial charge in [-0.05, 0) is 79.1 Å². The van der Waals surface area contributed by atoms with Crippen molar-refractivity contribution in [2.75, 3.05) is 0 Å². The Labute approximate surface area is 193 Å². The van der Waals surface area contributed by atoms with Crippen LogP contribution in [0.2, 0.25) is 0 Å². The van der Waals surface area contributed by atoms with Crippen LogP contribution in [0.1, 0.15) is 76.7 Å². The van der Waals surface area contributed by atoms with Crippen LogP contribution in [0.3, 0.4) is 0 Å². The molecule has 4 fully saturated rings. The van der Waals surface area contributed by atoms with Crippen LogP contribution in [0.5, 0.6) is 0 Å². The molecule has 0 bridgehead atoms. The van der Waals surface area contributed by atoms with Crippen molar-refractivity contribution < 1.29 is 22.8 Å². The van der Waals surface area contributed by atoms with E-state index in [0.29, 0.717) is 24.7 Å². The minimum absolute atomic E-state index is 0.0544. The Bertz CT molecular complexity index is 931. The van der Waals surface area contributed by atoms with Crippen LogP contribution in [0.15, 0.2) is 30.3 Å². The van der Waals surface area contributed by atoms with Crippen LogP contribution in [0, 0.1) is 34.5 Å². The van der Waals surface area contributed by atoms with Crippen LogP contribution in [-0.4, -0.2) is 23.9 Å². The molecule has 5 rings (SSSR count). The largest absolute Gasteiger partial charge is 0.402 e. The number of fused-ring (bicyclic) bond motifs is 5. The lowest BCUT2D eigenvalue weighted by atomic mass is 9.46. The normalized spacial score (nSPS) is 41.4. The van der Waals surface area contributed by atoms with Gasteiger partial charge in [-0.3, -0.25) is 9.59 Å². The number of hydrogen-bond donors (Lipinski definition) is 1. The van der Waals surface area contributed by atoms with Gasteiger partial charge in [0.05, 0.1) is 0 Å². The van der Waals surface area contributed by atoms with E-state index < -0.39 is 23.8 Å². The van der Waals surface area contributed by atoms with Crippen molar-refractivity contribution in [2.45, 2.75) is 83.4 Å². The number of hydrogen-bond acceptors (Lipinski definition) is 2. The standard InChI is InChI=1S/C27H34F3NO2/c1-25-14-12-19-17(8-11-21-26(19,2)15-13-22(32)31-21)18(25)9-10-20(25)24(33)23(27(28,29)30)16-6-4-3-5-7-16/h3-7,17-21,23H,8-15H2,1-2H3,(H,31,32)/t17-,18-,19-,20+,21+,23+,25-,26+/m0/s1. The number of rotatable bonds is 3. The first-order valence-electron chi connectivity index (χ1n) is 12.5. The minimum atomic E-state index is -4.59. The Hall–Kier alpha value is -1.85. The van der Waals surface area contributed by atoms with E-state index in [0.717, 1.165) is 38.5 Å². The van der Waals surface area contributed by atoms with E-state index in [2.05, 4.69) is 19.2 Å². The number of ketones is 1. The van der Waals surface area contributed by atoms with Crippen molar-refractivity contribution >= 4 is 11.7 Å². The number of benzene rings is 1. The molecule has 6 heteroatoms. The highest BCUT2D eigenvalue weighted by Crippen LogP contribution is 2.66. The molecular weight excluding hydrogens is 427 g/mol. The Kier molecular flexibility index (Phi) is 5.45. The van der Waals surface area contributed by atoms with Gasteiger partial charge in [-0.1, -0.05) is 44.2 Å². The van der Waals surface area contributed by atoms with E-state index in [1.54, 1.807) is 18.2 Å². The number of halogens is 3. The molecule has 0 spiro atoms. The maximum Gasteiger partial charge on any atom is 0.402 e. The van der Waals surface area contributed by atoms with Gasteiger partial charge < -0.3 is 5.32 Å². The van der Waals surface area contributed by atoms with Gasteiger partial charge in [-0.2, -0.15) is 13.2 Å². The van der Waals surface area contributed by atoms with Crippen molar-refractivity contribution in [1.29, 1.82) is 0 Å². The molecular formula is C27H34F3NO2. The molecule has 1 aromatic rings. The first-order valence-corrected chi connectivity index (χ1v) is 12.5. The molecule has 8 atom stereocenters. The Balaban J connectivity index is 1.42. The van der Waals surface area contributed by atoms with Gasteiger partial charge >= 0.3 is 6.18 Å². The quantitative estimate of drug-likeness (QED) is 0.597. The van der Waals surface area contributed by atoms with E-state index in [-0.39, 0.29) is 34.3 Å². The third kappa shape index (κ3) is 3.54. The first-order chi connectivity index (χ1) is 15.6. The number of Topliss-reactive ketones (excluding diaryl/α,β-unsaturated/α-hetero) is 1. The van der Waals surface area contributed by atoms with Crippen molar-refractivity contribution in [3.05, 3.63) is 35.9 Å². The lowest BCUT2D eigenvalue weighted by Crippen LogP contribution is -2.61. The number of carbonyl (C=O) groups excluding carboxylic acids is 2. The maximum absolute atomic E-state index is 14.1. The zero-order valence-electron chi connectivity index (χ0n) is 19.5. The van der Waals surface area contributed by atoms with E-state index in [9.17, 15) is 22.8 Å². The van der Waals surface area contributed by atoms with Gasteiger partial charge in [0.2, 0.25) is 5.91 Å². The fourth-order valence-corrected chi connectivity index (χ4v) is 8.53. The molecule has 4 aliphatic rings. The summed E-state index contributed by atoms with van der Waals surface area (Å²) < 4.78 is 42.4. The molecule has 1 N–H and O–H groups in total. The Morgan fingerprint density at radius 1 is 0.970 bits per heavy atom. The molecule has 1 aliphatic heterocycles. The molecule has 0 unspecified atom stereocenters. The van der Waals surface area contributed by atoms with Crippen molar-refractivity contribution in [2.24, 2.45) is 34.5 Å². The number of alkyl halides is 3. The van der Waals surface area contributed by atoms with Crippen molar-refractivity contribution in [1.82, 2.24) is 5.32 Å². The molecule has 1 heterocycles. The Morgan fingerprint density at radius 2 is 1.67 bits per heavy atom. The summed E-state index contributed by atoms with van der Waals surface area (Å²) >= 11 is 0. The van der Waals surface area contributed by atoms with Crippen molar-refractivity contribution in [3.8, 4) is 0 Å². The highest BCUT2D eigenvalue weighted by molar-refractivity contribution is 5.89. The second kappa shape index (κ2) is 7.84. The minimum Gasteiger partial charge on any atom is -0.353 e. The lowest BCUT2D eigenvalue weighted by molar-refractivity contribution is -0.170. The second-order valence-electron chi connectivity index (χ2n) is 11.5. The van der Waals surface area contributed by atoms with E-state index in [1.807, 2.05) is 0 Å². The van der Waals surface area contributed by atoms with Gasteiger partial charge in [0.1, 0.15) is 5.92 Å². The number of piperidine rings is 1. The fourth-order valence-electron chi connectivity index (χ4n) is 8.53. The molecule has 0 radical (unpaired) electrons. The van der Waals surface area contributed by atoms with E-state index in [4.69, 9.17) is 0 Å². The number of amides is 1. The third-order valence-electron chi connectivity index (χ3n) is 10.2. The van der Waals surface area contributed by atoms with Crippen LogP contribution in [0.25, 0.3) is 0 Å². The van der Waals surface area contributed by atoms with Gasteiger partial charge in [-0.15, -0.1) is 0 Å². The highest BCUT2D eigenvalue weighted by Gasteiger charge is 2.63. The highest BCUT2D eigenvalue weighted by atomic mass is 19.4. The zero-order valence-corrected chi connectivity index (χ0v) is 19.5. The molecule has 1 saturated heterocycles. The molecule has 1 aromatic carbocycles. The van der Waals surface area contributed by atoms with E-state index >= 15 is 0 Å². The summed E-state index contributed by atoms with van der Waals surface area (Å²) in [5.74, 6) is -1.91. The molecule has 3 aliphatic carbocycles. The first kappa shape index (κ1) is 22.9. The third-order valence-corrected chi connectivity index (χ3v) is 10.2. The van der Waals surface area contributed by atoms with Gasteiger partial charge in [0, 0.05) is 18.4 Å². The van der Waals surface area contributed by atoms with Gasteiger partial charge in [-0.25, -0.2) is 0 Å². The predicted molar refractivity (Wildman–Crippen MR) is 119 cm³/mol. The van der Waals surface area contributed by atoms with Crippen LogP contribution in [-0.2, 0) is 9.59 Å². The number of carbonyl (C=O) groups is 2. The average Bonchev–Trinajstić information content (AvgIpc) is 3.11. The van der Waals surface area contributed by atoms with Crippen LogP contribution < -0.4 is 5.32 Å². The molecule has 33 heavy (non-hydrogen) atoms. The van der Waals surface area contributed by atoms with E-state index in [1.165, 1.54) is 12.1 Å². The second-order valence-corrected chi connectivity index (χ2v) is 11.5. The summed E-state index contributed by atoms with van der Waals surface area (Å²) in [5.41, 5.74) is -0.266. The molecule has 3 nitrogen and oxygen atoms in total. The van der Waals surface area contributed by atoms with Crippen LogP contribution in [0.4, 0.5) is 13.2 Å². The van der Waals surface area contributed by atoms with Crippen LogP contribution >= 0.6 is 0 Å². The maximum atomic E-state index is 14.1. The molecule has 3 saturated carbocycles.